The number of halogens is 2. The molecular formula is C10H12ClFO2. The minimum absolute atomic E-state index is 0.0646. The van der Waals surface area contributed by atoms with Crippen LogP contribution in [0.5, 0.6) is 5.75 Å². The average Bonchev–Trinajstić information content (AvgIpc) is 2.18. The van der Waals surface area contributed by atoms with Crippen molar-refractivity contribution in [3.8, 4) is 5.75 Å². The van der Waals surface area contributed by atoms with E-state index in [0.29, 0.717) is 29.2 Å². The van der Waals surface area contributed by atoms with Crippen LogP contribution in [0.2, 0.25) is 5.02 Å². The first kappa shape index (κ1) is 11.3. The Balaban J connectivity index is 2.96. The fraction of sp³-hybridized carbons (Fsp3) is 0.400. The molecule has 0 fully saturated rings. The molecule has 0 saturated carbocycles. The number of aryl methyl sites for hydroxylation is 1. The van der Waals surface area contributed by atoms with Gasteiger partial charge in [-0.25, -0.2) is 4.39 Å². The van der Waals surface area contributed by atoms with Gasteiger partial charge in [-0.15, -0.1) is 0 Å². The SMILES string of the molecule is COc1cc(F)cc(CCCO)c1Cl. The smallest absolute Gasteiger partial charge is 0.140 e. The van der Waals surface area contributed by atoms with Crippen molar-refractivity contribution in [1.29, 1.82) is 0 Å². The summed E-state index contributed by atoms with van der Waals surface area (Å²) in [5.74, 6) is -0.0428. The van der Waals surface area contributed by atoms with Crippen LogP contribution in [0.15, 0.2) is 12.1 Å². The van der Waals surface area contributed by atoms with Gasteiger partial charge in [0.25, 0.3) is 0 Å². The number of benzene rings is 1. The Morgan fingerprint density at radius 2 is 2.21 bits per heavy atom. The van der Waals surface area contributed by atoms with E-state index in [1.807, 2.05) is 0 Å². The van der Waals surface area contributed by atoms with E-state index < -0.39 is 0 Å². The maximum Gasteiger partial charge on any atom is 0.140 e. The van der Waals surface area contributed by atoms with Gasteiger partial charge in [0.05, 0.1) is 12.1 Å². The molecule has 0 aliphatic heterocycles. The van der Waals surface area contributed by atoms with E-state index in [1.54, 1.807) is 0 Å². The molecule has 0 amide bonds. The third-order valence-corrected chi connectivity index (χ3v) is 2.33. The Labute approximate surface area is 87.3 Å². The summed E-state index contributed by atoms with van der Waals surface area (Å²) in [6.45, 7) is 0.0646. The van der Waals surface area contributed by atoms with E-state index in [4.69, 9.17) is 21.4 Å². The van der Waals surface area contributed by atoms with E-state index in [0.717, 1.165) is 0 Å². The largest absolute Gasteiger partial charge is 0.495 e. The van der Waals surface area contributed by atoms with Crippen LogP contribution in [0.4, 0.5) is 4.39 Å². The summed E-state index contributed by atoms with van der Waals surface area (Å²) in [4.78, 5) is 0. The highest BCUT2D eigenvalue weighted by atomic mass is 35.5. The molecule has 4 heteroatoms. The van der Waals surface area contributed by atoms with Crippen LogP contribution in [0.3, 0.4) is 0 Å². The highest BCUT2D eigenvalue weighted by Crippen LogP contribution is 2.29. The van der Waals surface area contributed by atoms with Gasteiger partial charge < -0.3 is 9.84 Å². The van der Waals surface area contributed by atoms with E-state index >= 15 is 0 Å². The third kappa shape index (κ3) is 2.59. The van der Waals surface area contributed by atoms with Gasteiger partial charge in [0.1, 0.15) is 11.6 Å². The normalized spacial score (nSPS) is 10.3. The molecule has 0 aliphatic rings. The molecule has 1 aromatic rings. The summed E-state index contributed by atoms with van der Waals surface area (Å²) in [6.07, 6.45) is 1.11. The quantitative estimate of drug-likeness (QED) is 0.841. The van der Waals surface area contributed by atoms with Crippen LogP contribution in [-0.4, -0.2) is 18.8 Å². The lowest BCUT2D eigenvalue weighted by atomic mass is 10.1. The number of methoxy groups -OCH3 is 1. The zero-order chi connectivity index (χ0) is 10.6. The minimum atomic E-state index is -0.376. The van der Waals surface area contributed by atoms with Gasteiger partial charge in [0.2, 0.25) is 0 Å². The Hall–Kier alpha value is -0.800. The lowest BCUT2D eigenvalue weighted by Gasteiger charge is -2.08. The first-order chi connectivity index (χ1) is 6.69. The van der Waals surface area contributed by atoms with Gasteiger partial charge in [-0.3, -0.25) is 0 Å². The van der Waals surface area contributed by atoms with E-state index in [9.17, 15) is 4.39 Å². The lowest BCUT2D eigenvalue weighted by molar-refractivity contribution is 0.288. The molecule has 1 rings (SSSR count). The van der Waals surface area contributed by atoms with Gasteiger partial charge in [0.15, 0.2) is 0 Å². The Bertz CT molecular complexity index is 315. The van der Waals surface area contributed by atoms with Crippen molar-refractivity contribution in [2.45, 2.75) is 12.8 Å². The molecule has 0 spiro atoms. The van der Waals surface area contributed by atoms with E-state index in [2.05, 4.69) is 0 Å². The Kier molecular flexibility index (Phi) is 4.17. The van der Waals surface area contributed by atoms with E-state index in [1.165, 1.54) is 19.2 Å². The summed E-state index contributed by atoms with van der Waals surface area (Å²) >= 11 is 5.94. The molecule has 1 N–H and O–H groups in total. The minimum Gasteiger partial charge on any atom is -0.495 e. The number of aliphatic hydroxyl groups excluding tert-OH is 1. The van der Waals surface area contributed by atoms with Crippen molar-refractivity contribution in [3.63, 3.8) is 0 Å². The summed E-state index contributed by atoms with van der Waals surface area (Å²) in [7, 11) is 1.44. The third-order valence-electron chi connectivity index (χ3n) is 1.90. The van der Waals surface area contributed by atoms with Crippen molar-refractivity contribution < 1.29 is 14.2 Å². The molecule has 2 nitrogen and oxygen atoms in total. The zero-order valence-corrected chi connectivity index (χ0v) is 8.64. The van der Waals surface area contributed by atoms with Gasteiger partial charge in [-0.1, -0.05) is 11.6 Å². The lowest BCUT2D eigenvalue weighted by Crippen LogP contribution is -1.95. The number of ether oxygens (including phenoxy) is 1. The molecule has 14 heavy (non-hydrogen) atoms. The fourth-order valence-corrected chi connectivity index (χ4v) is 1.50. The monoisotopic (exact) mass is 218 g/mol. The molecule has 0 aromatic heterocycles. The van der Waals surface area contributed by atoms with Crippen molar-refractivity contribution in [1.82, 2.24) is 0 Å². The predicted molar refractivity (Wildman–Crippen MR) is 53.4 cm³/mol. The molecule has 0 heterocycles. The van der Waals surface area contributed by atoms with Crippen LogP contribution in [0.1, 0.15) is 12.0 Å². The fourth-order valence-electron chi connectivity index (χ4n) is 1.22. The Morgan fingerprint density at radius 1 is 1.50 bits per heavy atom. The first-order valence-corrected chi connectivity index (χ1v) is 4.69. The summed E-state index contributed by atoms with van der Waals surface area (Å²) < 4.78 is 17.9. The molecule has 0 saturated heterocycles. The molecule has 0 radical (unpaired) electrons. The van der Waals surface area contributed by atoms with E-state index in [-0.39, 0.29) is 12.4 Å². The summed E-state index contributed by atoms with van der Waals surface area (Å²) in [5.41, 5.74) is 0.664. The van der Waals surface area contributed by atoms with Gasteiger partial charge in [-0.05, 0) is 24.5 Å². The molecule has 0 atom stereocenters. The van der Waals surface area contributed by atoms with Crippen LogP contribution in [0.25, 0.3) is 0 Å². The zero-order valence-electron chi connectivity index (χ0n) is 7.89. The number of hydrogen-bond acceptors (Lipinski definition) is 2. The second kappa shape index (κ2) is 5.17. The molecule has 78 valence electrons. The second-order valence-corrected chi connectivity index (χ2v) is 3.29. The van der Waals surface area contributed by atoms with Crippen LogP contribution in [0, 0.1) is 5.82 Å². The standard InChI is InChI=1S/C10H12ClFO2/c1-14-9-6-8(12)5-7(10(9)11)3-2-4-13/h5-6,13H,2-4H2,1H3. The molecule has 0 bridgehead atoms. The maximum absolute atomic E-state index is 13.0. The number of aliphatic hydroxyl groups is 1. The van der Waals surface area contributed by atoms with Gasteiger partial charge in [-0.2, -0.15) is 0 Å². The summed E-state index contributed by atoms with van der Waals surface area (Å²) in [5, 5.41) is 9.07. The molecule has 0 aliphatic carbocycles. The topological polar surface area (TPSA) is 29.5 Å². The van der Waals surface area contributed by atoms with Crippen molar-refractivity contribution in [2.24, 2.45) is 0 Å². The Morgan fingerprint density at radius 3 is 2.79 bits per heavy atom. The van der Waals surface area contributed by atoms with Crippen LogP contribution >= 0.6 is 11.6 Å². The van der Waals surface area contributed by atoms with Crippen LogP contribution in [-0.2, 0) is 6.42 Å². The van der Waals surface area contributed by atoms with Crippen molar-refractivity contribution >= 4 is 11.6 Å². The highest BCUT2D eigenvalue weighted by Gasteiger charge is 2.09. The van der Waals surface area contributed by atoms with Gasteiger partial charge in [0, 0.05) is 12.7 Å². The average molecular weight is 219 g/mol. The maximum atomic E-state index is 13.0. The number of rotatable bonds is 4. The second-order valence-electron chi connectivity index (χ2n) is 2.91. The van der Waals surface area contributed by atoms with Crippen molar-refractivity contribution in [3.05, 3.63) is 28.5 Å². The highest BCUT2D eigenvalue weighted by molar-refractivity contribution is 6.32. The molecular weight excluding hydrogens is 207 g/mol. The number of hydrogen-bond donors (Lipinski definition) is 1. The molecule has 0 unspecified atom stereocenters. The molecule has 1 aromatic carbocycles. The van der Waals surface area contributed by atoms with Crippen LogP contribution < -0.4 is 4.74 Å². The first-order valence-electron chi connectivity index (χ1n) is 4.31. The van der Waals surface area contributed by atoms with Crippen molar-refractivity contribution in [2.75, 3.05) is 13.7 Å². The van der Waals surface area contributed by atoms with Gasteiger partial charge >= 0.3 is 0 Å². The summed E-state index contributed by atoms with van der Waals surface area (Å²) in [6, 6.07) is 2.60. The predicted octanol–water partition coefficient (Wildman–Crippen LogP) is 2.41.